The van der Waals surface area contributed by atoms with Crippen LogP contribution in [0.15, 0.2) is 103 Å². The van der Waals surface area contributed by atoms with Gasteiger partial charge >= 0.3 is 0 Å². The van der Waals surface area contributed by atoms with Crippen LogP contribution in [0.1, 0.15) is 76.2 Å². The zero-order valence-electron chi connectivity index (χ0n) is 25.7. The molecular weight excluding hydrogens is 560 g/mol. The van der Waals surface area contributed by atoms with E-state index >= 15 is 4.79 Å². The first-order valence-corrected chi connectivity index (χ1v) is 15.7. The monoisotopic (exact) mass is 596 g/mol. The summed E-state index contributed by atoms with van der Waals surface area (Å²) in [5.41, 5.74) is 4.05. The predicted octanol–water partition coefficient (Wildman–Crippen LogP) is 7.41. The molecule has 1 spiro atoms. The molecule has 6 nitrogen and oxygen atoms in total. The van der Waals surface area contributed by atoms with Crippen molar-refractivity contribution in [3.05, 3.63) is 137 Å². The molecule has 4 atom stereocenters. The maximum atomic E-state index is 15.0. The highest BCUT2D eigenvalue weighted by Gasteiger charge is 2.70. The zero-order valence-corrected chi connectivity index (χ0v) is 25.7. The van der Waals surface area contributed by atoms with E-state index in [-0.39, 0.29) is 23.6 Å². The zero-order chi connectivity index (χ0) is 31.3. The van der Waals surface area contributed by atoms with Crippen molar-refractivity contribution < 1.29 is 19.1 Å². The molecule has 1 saturated heterocycles. The predicted molar refractivity (Wildman–Crippen MR) is 175 cm³/mol. The molecule has 226 valence electrons. The molecule has 3 aliphatic heterocycles. The van der Waals surface area contributed by atoms with Gasteiger partial charge in [0.2, 0.25) is 5.91 Å². The van der Waals surface area contributed by atoms with Gasteiger partial charge in [0, 0.05) is 23.0 Å². The number of para-hydroxylation sites is 1. The fraction of sp³-hybridized carbons (Fsp3) is 0.256. The second kappa shape index (κ2) is 11.2. The van der Waals surface area contributed by atoms with Gasteiger partial charge in [-0.15, -0.1) is 0 Å². The van der Waals surface area contributed by atoms with E-state index in [0.29, 0.717) is 22.6 Å². The molecule has 4 unspecified atom stereocenters. The van der Waals surface area contributed by atoms with Crippen LogP contribution in [0.3, 0.4) is 0 Å². The van der Waals surface area contributed by atoms with Gasteiger partial charge < -0.3 is 15.0 Å². The van der Waals surface area contributed by atoms with Crippen LogP contribution in [0.5, 0.6) is 5.75 Å². The third-order valence-corrected chi connectivity index (χ3v) is 9.41. The van der Waals surface area contributed by atoms with Crippen LogP contribution in [0, 0.1) is 5.92 Å². The fourth-order valence-electron chi connectivity index (χ4n) is 7.61. The molecule has 0 aromatic heterocycles. The van der Waals surface area contributed by atoms with Gasteiger partial charge in [0.15, 0.2) is 11.6 Å². The minimum atomic E-state index is -1.35. The molecule has 0 radical (unpaired) electrons. The Labute approximate surface area is 263 Å². The Hall–Kier alpha value is -4.97. The van der Waals surface area contributed by atoms with Crippen LogP contribution in [-0.4, -0.2) is 34.5 Å². The number of nitrogens with one attached hydrogen (secondary N) is 1. The lowest BCUT2D eigenvalue weighted by molar-refractivity contribution is -0.122. The van der Waals surface area contributed by atoms with E-state index in [4.69, 9.17) is 4.74 Å². The number of ether oxygens (including phenoxy) is 1. The summed E-state index contributed by atoms with van der Waals surface area (Å²) in [6, 6.07) is 28.8. The summed E-state index contributed by atoms with van der Waals surface area (Å²) in [5, 5.41) is 3.11. The third-order valence-electron chi connectivity index (χ3n) is 9.41. The SMILES string of the molecule is CCCc1ccc(C(=O)C2C(C(=O)c3ccc(OC(C)C)cc3)N3C=Cc4ccccc4C3C23C(=O)Nc2ccccc23)cc1. The first kappa shape index (κ1) is 28.8. The van der Waals surface area contributed by atoms with Gasteiger partial charge in [-0.05, 0) is 78.9 Å². The molecule has 0 saturated carbocycles. The lowest BCUT2D eigenvalue weighted by atomic mass is 9.62. The third kappa shape index (κ3) is 4.50. The van der Waals surface area contributed by atoms with Crippen molar-refractivity contribution in [2.45, 2.75) is 57.2 Å². The van der Waals surface area contributed by atoms with Crippen LogP contribution in [-0.2, 0) is 16.6 Å². The number of carbonyl (C=O) groups excluding carboxylic acids is 3. The lowest BCUT2D eigenvalue weighted by Gasteiger charge is -2.38. The summed E-state index contributed by atoms with van der Waals surface area (Å²) in [7, 11) is 0. The number of nitrogens with zero attached hydrogens (tertiary/aromatic N) is 1. The quantitative estimate of drug-likeness (QED) is 0.215. The Balaban J connectivity index is 1.45. The van der Waals surface area contributed by atoms with Gasteiger partial charge in [-0.25, -0.2) is 0 Å². The summed E-state index contributed by atoms with van der Waals surface area (Å²) in [5.74, 6) is -1.03. The number of aryl methyl sites for hydroxylation is 1. The molecule has 1 fully saturated rings. The van der Waals surface area contributed by atoms with Crippen LogP contribution in [0.25, 0.3) is 6.08 Å². The molecule has 1 N–H and O–H groups in total. The smallest absolute Gasteiger partial charge is 0.238 e. The van der Waals surface area contributed by atoms with Crippen molar-refractivity contribution >= 4 is 29.2 Å². The molecule has 3 heterocycles. The minimum absolute atomic E-state index is 0.00720. The van der Waals surface area contributed by atoms with Crippen molar-refractivity contribution in [1.29, 1.82) is 0 Å². The topological polar surface area (TPSA) is 75.7 Å². The van der Waals surface area contributed by atoms with E-state index in [1.165, 1.54) is 0 Å². The maximum Gasteiger partial charge on any atom is 0.238 e. The molecule has 4 aromatic rings. The van der Waals surface area contributed by atoms with E-state index < -0.39 is 23.4 Å². The molecule has 0 bridgehead atoms. The van der Waals surface area contributed by atoms with Crippen LogP contribution in [0.2, 0.25) is 0 Å². The Morgan fingerprint density at radius 1 is 0.867 bits per heavy atom. The lowest BCUT2D eigenvalue weighted by Crippen LogP contribution is -2.49. The highest BCUT2D eigenvalue weighted by atomic mass is 16.5. The van der Waals surface area contributed by atoms with Crippen molar-refractivity contribution in [3.8, 4) is 5.75 Å². The number of hydrogen-bond donors (Lipinski definition) is 1. The van der Waals surface area contributed by atoms with Gasteiger partial charge in [0.25, 0.3) is 0 Å². The maximum absolute atomic E-state index is 15.0. The number of amides is 1. The van der Waals surface area contributed by atoms with Gasteiger partial charge in [0.1, 0.15) is 17.2 Å². The first-order valence-electron chi connectivity index (χ1n) is 15.7. The molecule has 1 amide bonds. The number of fused-ring (bicyclic) bond motifs is 6. The van der Waals surface area contributed by atoms with E-state index in [1.54, 1.807) is 24.3 Å². The number of ketones is 2. The van der Waals surface area contributed by atoms with Gasteiger partial charge in [-0.1, -0.05) is 80.1 Å². The van der Waals surface area contributed by atoms with Crippen molar-refractivity contribution in [2.24, 2.45) is 5.92 Å². The largest absolute Gasteiger partial charge is 0.491 e. The van der Waals surface area contributed by atoms with Gasteiger partial charge in [-0.2, -0.15) is 0 Å². The van der Waals surface area contributed by atoms with E-state index in [2.05, 4.69) is 12.2 Å². The second-order valence-electron chi connectivity index (χ2n) is 12.5. The molecule has 6 heteroatoms. The summed E-state index contributed by atoms with van der Waals surface area (Å²) in [6.45, 7) is 6.02. The number of hydrogen-bond acceptors (Lipinski definition) is 5. The fourth-order valence-corrected chi connectivity index (χ4v) is 7.61. The Morgan fingerprint density at radius 3 is 2.27 bits per heavy atom. The average Bonchev–Trinajstić information content (AvgIpc) is 3.53. The summed E-state index contributed by atoms with van der Waals surface area (Å²) in [6.07, 6.45) is 5.78. The molecular formula is C39H36N2O4. The second-order valence-corrected chi connectivity index (χ2v) is 12.5. The number of benzene rings is 4. The van der Waals surface area contributed by atoms with E-state index in [0.717, 1.165) is 35.1 Å². The highest BCUT2D eigenvalue weighted by Crippen LogP contribution is 2.62. The molecule has 45 heavy (non-hydrogen) atoms. The Kier molecular flexibility index (Phi) is 7.16. The Morgan fingerprint density at radius 2 is 1.53 bits per heavy atom. The van der Waals surface area contributed by atoms with Gasteiger partial charge in [0.05, 0.1) is 18.1 Å². The standard InChI is InChI=1S/C39H36N2O4/c1-4-9-25-14-16-27(17-15-25)35(42)33-34(36(43)28-18-20-29(21-19-28)45-24(2)3)41-23-22-26-10-5-6-11-30(26)37(41)39(33)31-12-7-8-13-32(31)40-38(39)44/h5-8,10-24,33-34,37H,4,9H2,1-3H3,(H,40,44). The average molecular weight is 597 g/mol. The van der Waals surface area contributed by atoms with Gasteiger partial charge in [-0.3, -0.25) is 14.4 Å². The van der Waals surface area contributed by atoms with Crippen LogP contribution in [0.4, 0.5) is 5.69 Å². The van der Waals surface area contributed by atoms with Crippen LogP contribution >= 0.6 is 0 Å². The Bertz CT molecular complexity index is 1820. The van der Waals surface area contributed by atoms with Crippen molar-refractivity contribution in [2.75, 3.05) is 5.32 Å². The summed E-state index contributed by atoms with van der Waals surface area (Å²) >= 11 is 0. The van der Waals surface area contributed by atoms with E-state index in [1.807, 2.05) is 104 Å². The molecule has 7 rings (SSSR count). The first-order chi connectivity index (χ1) is 21.8. The number of carbonyl (C=O) groups is 3. The highest BCUT2D eigenvalue weighted by molar-refractivity contribution is 6.16. The van der Waals surface area contributed by atoms with Crippen molar-refractivity contribution in [3.63, 3.8) is 0 Å². The van der Waals surface area contributed by atoms with E-state index in [9.17, 15) is 9.59 Å². The minimum Gasteiger partial charge on any atom is -0.491 e. The molecule has 4 aromatic carbocycles. The summed E-state index contributed by atoms with van der Waals surface area (Å²) in [4.78, 5) is 46.4. The number of Topliss-reactive ketones (excluding diaryl/α,β-unsaturated/α-hetero) is 2. The number of rotatable bonds is 8. The molecule has 3 aliphatic rings. The molecule has 0 aliphatic carbocycles. The van der Waals surface area contributed by atoms with Crippen molar-refractivity contribution in [1.82, 2.24) is 4.90 Å². The number of anilines is 1. The van der Waals surface area contributed by atoms with Crippen LogP contribution < -0.4 is 10.1 Å². The normalized spacial score (nSPS) is 22.6. The summed E-state index contributed by atoms with van der Waals surface area (Å²) < 4.78 is 5.83.